The van der Waals surface area contributed by atoms with Crippen LogP contribution in [0.1, 0.15) is 19.3 Å². The van der Waals surface area contributed by atoms with Gasteiger partial charge in [0.1, 0.15) is 0 Å². The highest BCUT2D eigenvalue weighted by Crippen LogP contribution is 2.25. The van der Waals surface area contributed by atoms with E-state index in [1.165, 1.54) is 19.3 Å². The number of piperidine rings is 1. The Balaban J connectivity index is 1.43. The average Bonchev–Trinajstić information content (AvgIpc) is 2.74. The van der Waals surface area contributed by atoms with Crippen molar-refractivity contribution in [1.82, 2.24) is 4.90 Å². The van der Waals surface area contributed by atoms with Gasteiger partial charge in [0.05, 0.1) is 17.1 Å². The SMILES string of the molecule is CN1CCCCC1CNc1ccccc1NC(=O)Nc1cccc2ccccc12. The minimum atomic E-state index is -0.245. The molecule has 3 N–H and O–H groups in total. The second-order valence-electron chi connectivity index (χ2n) is 7.66. The van der Waals surface area contributed by atoms with Gasteiger partial charge in [0.15, 0.2) is 0 Å². The smallest absolute Gasteiger partial charge is 0.323 e. The Labute approximate surface area is 172 Å². The zero-order valence-corrected chi connectivity index (χ0v) is 16.8. The van der Waals surface area contributed by atoms with Crippen LogP contribution in [0.15, 0.2) is 66.7 Å². The van der Waals surface area contributed by atoms with Gasteiger partial charge in [0.2, 0.25) is 0 Å². The molecule has 0 bridgehead atoms. The lowest BCUT2D eigenvalue weighted by atomic mass is 10.0. The molecule has 2 amide bonds. The van der Waals surface area contributed by atoms with Crippen LogP contribution in [0.2, 0.25) is 0 Å². The quantitative estimate of drug-likeness (QED) is 0.550. The van der Waals surface area contributed by atoms with Gasteiger partial charge in [-0.1, -0.05) is 55.0 Å². The second kappa shape index (κ2) is 8.97. The van der Waals surface area contributed by atoms with Gasteiger partial charge in [-0.05, 0) is 50.0 Å². The van der Waals surface area contributed by atoms with Crippen molar-refractivity contribution in [3.05, 3.63) is 66.7 Å². The minimum Gasteiger partial charge on any atom is -0.382 e. The summed E-state index contributed by atoms with van der Waals surface area (Å²) in [6.45, 7) is 2.03. The Morgan fingerprint density at radius 1 is 0.897 bits per heavy atom. The highest BCUT2D eigenvalue weighted by atomic mass is 16.2. The van der Waals surface area contributed by atoms with E-state index in [-0.39, 0.29) is 6.03 Å². The van der Waals surface area contributed by atoms with Crippen LogP contribution in [-0.4, -0.2) is 37.1 Å². The first-order valence-corrected chi connectivity index (χ1v) is 10.3. The molecule has 0 aliphatic carbocycles. The van der Waals surface area contributed by atoms with Crippen molar-refractivity contribution in [3.63, 3.8) is 0 Å². The van der Waals surface area contributed by atoms with Gasteiger partial charge in [-0.15, -0.1) is 0 Å². The van der Waals surface area contributed by atoms with Crippen LogP contribution in [-0.2, 0) is 0 Å². The number of anilines is 3. The lowest BCUT2D eigenvalue weighted by Crippen LogP contribution is -2.40. The molecule has 1 fully saturated rings. The van der Waals surface area contributed by atoms with Crippen molar-refractivity contribution in [2.45, 2.75) is 25.3 Å². The van der Waals surface area contributed by atoms with E-state index in [4.69, 9.17) is 0 Å². The van der Waals surface area contributed by atoms with E-state index in [9.17, 15) is 4.79 Å². The normalized spacial score (nSPS) is 17.1. The molecule has 1 atom stereocenters. The summed E-state index contributed by atoms with van der Waals surface area (Å²) in [6, 6.07) is 22.1. The first-order chi connectivity index (χ1) is 14.2. The van der Waals surface area contributed by atoms with E-state index in [0.29, 0.717) is 6.04 Å². The number of rotatable bonds is 5. The van der Waals surface area contributed by atoms with Crippen LogP contribution >= 0.6 is 0 Å². The maximum atomic E-state index is 12.7. The number of likely N-dealkylation sites (tertiary alicyclic amines) is 1. The zero-order valence-electron chi connectivity index (χ0n) is 16.8. The Hall–Kier alpha value is -3.05. The Morgan fingerprint density at radius 3 is 2.45 bits per heavy atom. The molecule has 29 heavy (non-hydrogen) atoms. The van der Waals surface area contributed by atoms with Gasteiger partial charge in [0.25, 0.3) is 0 Å². The van der Waals surface area contributed by atoms with Crippen LogP contribution in [0.25, 0.3) is 10.8 Å². The Morgan fingerprint density at radius 2 is 1.59 bits per heavy atom. The van der Waals surface area contributed by atoms with Crippen LogP contribution in [0.3, 0.4) is 0 Å². The number of amides is 2. The number of nitrogens with one attached hydrogen (secondary N) is 3. The molecule has 1 unspecified atom stereocenters. The van der Waals surface area contributed by atoms with Gasteiger partial charge in [-0.25, -0.2) is 4.79 Å². The predicted molar refractivity (Wildman–Crippen MR) is 122 cm³/mol. The molecule has 5 heteroatoms. The Kier molecular flexibility index (Phi) is 5.96. The molecule has 3 aromatic carbocycles. The number of hydrogen-bond acceptors (Lipinski definition) is 3. The number of para-hydroxylation sites is 2. The molecule has 0 saturated carbocycles. The topological polar surface area (TPSA) is 56.4 Å². The Bertz CT molecular complexity index is 982. The first-order valence-electron chi connectivity index (χ1n) is 10.3. The van der Waals surface area contributed by atoms with Crippen molar-refractivity contribution in [2.75, 3.05) is 36.1 Å². The van der Waals surface area contributed by atoms with Crippen molar-refractivity contribution in [1.29, 1.82) is 0 Å². The van der Waals surface area contributed by atoms with E-state index in [0.717, 1.165) is 40.9 Å². The van der Waals surface area contributed by atoms with Gasteiger partial charge < -0.3 is 20.9 Å². The lowest BCUT2D eigenvalue weighted by molar-refractivity contribution is 0.194. The van der Waals surface area contributed by atoms with Crippen LogP contribution in [0.4, 0.5) is 21.9 Å². The highest BCUT2D eigenvalue weighted by molar-refractivity contribution is 6.07. The van der Waals surface area contributed by atoms with Crippen LogP contribution in [0.5, 0.6) is 0 Å². The van der Waals surface area contributed by atoms with Crippen LogP contribution < -0.4 is 16.0 Å². The molecular formula is C24H28N4O. The summed E-state index contributed by atoms with van der Waals surface area (Å²) in [6.07, 6.45) is 3.77. The third-order valence-corrected chi connectivity index (χ3v) is 5.66. The molecule has 4 rings (SSSR count). The van der Waals surface area contributed by atoms with Gasteiger partial charge in [-0.3, -0.25) is 0 Å². The fraction of sp³-hybridized carbons (Fsp3) is 0.292. The number of carbonyl (C=O) groups excluding carboxylic acids is 1. The van der Waals surface area contributed by atoms with E-state index >= 15 is 0 Å². The highest BCUT2D eigenvalue weighted by Gasteiger charge is 2.19. The fourth-order valence-corrected chi connectivity index (χ4v) is 3.99. The van der Waals surface area contributed by atoms with E-state index < -0.39 is 0 Å². The number of fused-ring (bicyclic) bond motifs is 1. The molecule has 1 heterocycles. The number of carbonyl (C=O) groups is 1. The standard InChI is InChI=1S/C24H28N4O/c1-28-16-7-6-11-19(28)17-25-22-13-4-5-14-23(22)27-24(29)26-21-15-8-10-18-9-2-3-12-20(18)21/h2-5,8-10,12-15,19,25H,6-7,11,16-17H2,1H3,(H2,26,27,29). The fourth-order valence-electron chi connectivity index (χ4n) is 3.99. The number of likely N-dealkylation sites (N-methyl/N-ethyl adjacent to an activating group) is 1. The number of urea groups is 1. The molecule has 0 spiro atoms. The minimum absolute atomic E-state index is 0.245. The largest absolute Gasteiger partial charge is 0.382 e. The number of benzene rings is 3. The van der Waals surface area contributed by atoms with E-state index in [1.54, 1.807) is 0 Å². The van der Waals surface area contributed by atoms with Gasteiger partial charge in [0, 0.05) is 18.0 Å². The molecule has 1 aliphatic heterocycles. The van der Waals surface area contributed by atoms with Crippen molar-refractivity contribution in [2.24, 2.45) is 0 Å². The summed E-state index contributed by atoms with van der Waals surface area (Å²) in [5.41, 5.74) is 2.53. The lowest BCUT2D eigenvalue weighted by Gasteiger charge is -2.33. The predicted octanol–water partition coefficient (Wildman–Crippen LogP) is 5.38. The monoisotopic (exact) mass is 388 g/mol. The molecule has 0 aromatic heterocycles. The molecule has 0 radical (unpaired) electrons. The van der Waals surface area contributed by atoms with Crippen LogP contribution in [0, 0.1) is 0 Å². The molecule has 150 valence electrons. The van der Waals surface area contributed by atoms with Crippen molar-refractivity contribution in [3.8, 4) is 0 Å². The van der Waals surface area contributed by atoms with Gasteiger partial charge in [-0.2, -0.15) is 0 Å². The molecule has 5 nitrogen and oxygen atoms in total. The third-order valence-electron chi connectivity index (χ3n) is 5.66. The summed E-state index contributed by atoms with van der Waals surface area (Å²) in [5, 5.41) is 11.6. The third kappa shape index (κ3) is 4.69. The summed E-state index contributed by atoms with van der Waals surface area (Å²) in [7, 11) is 2.19. The van der Waals surface area contributed by atoms with Crippen molar-refractivity contribution < 1.29 is 4.79 Å². The molecular weight excluding hydrogens is 360 g/mol. The average molecular weight is 389 g/mol. The van der Waals surface area contributed by atoms with E-state index in [1.807, 2.05) is 66.7 Å². The van der Waals surface area contributed by atoms with E-state index in [2.05, 4.69) is 27.9 Å². The first kappa shape index (κ1) is 19.3. The number of nitrogens with zero attached hydrogens (tertiary/aromatic N) is 1. The summed E-state index contributed by atoms with van der Waals surface area (Å²) < 4.78 is 0. The molecule has 1 saturated heterocycles. The van der Waals surface area contributed by atoms with Gasteiger partial charge >= 0.3 is 6.03 Å². The summed E-state index contributed by atoms with van der Waals surface area (Å²) >= 11 is 0. The summed E-state index contributed by atoms with van der Waals surface area (Å²) in [5.74, 6) is 0. The maximum Gasteiger partial charge on any atom is 0.323 e. The second-order valence-corrected chi connectivity index (χ2v) is 7.66. The molecule has 3 aromatic rings. The number of hydrogen-bond donors (Lipinski definition) is 3. The maximum absolute atomic E-state index is 12.7. The zero-order chi connectivity index (χ0) is 20.1. The van der Waals surface area contributed by atoms with Crippen molar-refractivity contribution >= 4 is 33.9 Å². The summed E-state index contributed by atoms with van der Waals surface area (Å²) in [4.78, 5) is 15.1. The molecule has 1 aliphatic rings.